The molecule has 0 aliphatic heterocycles. The number of aryl methyl sites for hydroxylation is 1. The molecular weight excluding hydrogens is 269 g/mol. The fourth-order valence-electron chi connectivity index (χ4n) is 1.25. The first kappa shape index (κ1) is 15.6. The SMILES string of the molecule is CCOC(=O)NC(=O)COC(=O)c1ccc(C)c(F)c1. The molecule has 0 heterocycles. The lowest BCUT2D eigenvalue weighted by Gasteiger charge is -2.06. The van der Waals surface area contributed by atoms with E-state index < -0.39 is 30.4 Å². The van der Waals surface area contributed by atoms with Crippen molar-refractivity contribution in [3.05, 3.63) is 35.1 Å². The zero-order valence-corrected chi connectivity index (χ0v) is 11.1. The number of esters is 1. The summed E-state index contributed by atoms with van der Waals surface area (Å²) in [5.74, 6) is -2.23. The summed E-state index contributed by atoms with van der Waals surface area (Å²) in [6.45, 7) is 2.59. The van der Waals surface area contributed by atoms with E-state index in [4.69, 9.17) is 0 Å². The van der Waals surface area contributed by atoms with Crippen LogP contribution < -0.4 is 5.32 Å². The summed E-state index contributed by atoms with van der Waals surface area (Å²) in [5.41, 5.74) is 0.374. The van der Waals surface area contributed by atoms with Gasteiger partial charge in [-0.1, -0.05) is 6.07 Å². The van der Waals surface area contributed by atoms with E-state index in [-0.39, 0.29) is 12.2 Å². The molecule has 0 aliphatic rings. The summed E-state index contributed by atoms with van der Waals surface area (Å²) < 4.78 is 22.4. The van der Waals surface area contributed by atoms with Gasteiger partial charge in [0.2, 0.25) is 0 Å². The van der Waals surface area contributed by atoms with Crippen LogP contribution in [0, 0.1) is 12.7 Å². The summed E-state index contributed by atoms with van der Waals surface area (Å²) in [6, 6.07) is 3.82. The third-order valence-electron chi connectivity index (χ3n) is 2.26. The molecule has 0 bridgehead atoms. The minimum atomic E-state index is -0.921. The molecule has 0 saturated heterocycles. The number of nitrogens with one attached hydrogen (secondary N) is 1. The molecule has 20 heavy (non-hydrogen) atoms. The highest BCUT2D eigenvalue weighted by Gasteiger charge is 2.13. The number of halogens is 1. The molecule has 0 radical (unpaired) electrons. The Morgan fingerprint density at radius 2 is 1.95 bits per heavy atom. The number of benzene rings is 1. The van der Waals surface area contributed by atoms with Gasteiger partial charge >= 0.3 is 12.1 Å². The minimum Gasteiger partial charge on any atom is -0.452 e. The van der Waals surface area contributed by atoms with E-state index in [1.165, 1.54) is 12.1 Å². The van der Waals surface area contributed by atoms with Crippen molar-refractivity contribution in [3.8, 4) is 0 Å². The maximum atomic E-state index is 13.2. The van der Waals surface area contributed by atoms with Gasteiger partial charge in [0.1, 0.15) is 5.82 Å². The predicted molar refractivity (Wildman–Crippen MR) is 66.6 cm³/mol. The zero-order valence-electron chi connectivity index (χ0n) is 11.1. The van der Waals surface area contributed by atoms with Crippen molar-refractivity contribution in [3.63, 3.8) is 0 Å². The molecule has 0 saturated carbocycles. The molecule has 0 unspecified atom stereocenters. The van der Waals surface area contributed by atoms with Crippen LogP contribution in [0.25, 0.3) is 0 Å². The van der Waals surface area contributed by atoms with Crippen molar-refractivity contribution in [1.29, 1.82) is 0 Å². The number of carbonyl (C=O) groups excluding carboxylic acids is 3. The van der Waals surface area contributed by atoms with Crippen LogP contribution in [-0.4, -0.2) is 31.2 Å². The van der Waals surface area contributed by atoms with Crippen molar-refractivity contribution in [2.24, 2.45) is 0 Å². The Balaban J connectivity index is 2.48. The average Bonchev–Trinajstić information content (AvgIpc) is 2.39. The molecule has 1 aromatic rings. The van der Waals surface area contributed by atoms with E-state index in [9.17, 15) is 18.8 Å². The first-order valence-electron chi connectivity index (χ1n) is 5.84. The van der Waals surface area contributed by atoms with Crippen molar-refractivity contribution < 1.29 is 28.2 Å². The van der Waals surface area contributed by atoms with Crippen LogP contribution in [0.5, 0.6) is 0 Å². The lowest BCUT2D eigenvalue weighted by molar-refractivity contribution is -0.123. The molecule has 2 amide bonds. The van der Waals surface area contributed by atoms with Crippen molar-refractivity contribution in [1.82, 2.24) is 5.32 Å². The van der Waals surface area contributed by atoms with Gasteiger partial charge < -0.3 is 9.47 Å². The molecule has 0 atom stereocenters. The largest absolute Gasteiger partial charge is 0.452 e. The number of ether oxygens (including phenoxy) is 2. The smallest absolute Gasteiger partial charge is 0.413 e. The number of hydrogen-bond acceptors (Lipinski definition) is 5. The number of hydrogen-bond donors (Lipinski definition) is 1. The highest BCUT2D eigenvalue weighted by molar-refractivity contribution is 5.95. The first-order valence-corrected chi connectivity index (χ1v) is 5.84. The van der Waals surface area contributed by atoms with Gasteiger partial charge in [-0.15, -0.1) is 0 Å². The molecular formula is C13H14FNO5. The molecule has 1 rings (SSSR count). The molecule has 0 aliphatic carbocycles. The average molecular weight is 283 g/mol. The Kier molecular flexibility index (Phi) is 5.64. The fraction of sp³-hybridized carbons (Fsp3) is 0.308. The maximum Gasteiger partial charge on any atom is 0.413 e. The Morgan fingerprint density at radius 1 is 1.25 bits per heavy atom. The van der Waals surface area contributed by atoms with Gasteiger partial charge in [0.25, 0.3) is 5.91 Å². The molecule has 1 aromatic carbocycles. The molecule has 6 nitrogen and oxygen atoms in total. The topological polar surface area (TPSA) is 81.7 Å². The number of alkyl carbamates (subject to hydrolysis) is 1. The maximum absolute atomic E-state index is 13.2. The van der Waals surface area contributed by atoms with E-state index in [2.05, 4.69) is 9.47 Å². The predicted octanol–water partition coefficient (Wildman–Crippen LogP) is 1.56. The Hall–Kier alpha value is -2.44. The van der Waals surface area contributed by atoms with Gasteiger partial charge in [-0.2, -0.15) is 0 Å². The fourth-order valence-corrected chi connectivity index (χ4v) is 1.25. The lowest BCUT2D eigenvalue weighted by atomic mass is 10.1. The lowest BCUT2D eigenvalue weighted by Crippen LogP contribution is -2.34. The molecule has 108 valence electrons. The second kappa shape index (κ2) is 7.22. The van der Waals surface area contributed by atoms with Gasteiger partial charge in [-0.25, -0.2) is 14.0 Å². The molecule has 0 spiro atoms. The van der Waals surface area contributed by atoms with Gasteiger partial charge in [-0.05, 0) is 31.5 Å². The summed E-state index contributed by atoms with van der Waals surface area (Å²) in [7, 11) is 0. The van der Waals surface area contributed by atoms with Gasteiger partial charge in [0.05, 0.1) is 12.2 Å². The summed E-state index contributed by atoms with van der Waals surface area (Å²) in [5, 5.41) is 1.86. The van der Waals surface area contributed by atoms with Crippen LogP contribution in [0.15, 0.2) is 18.2 Å². The minimum absolute atomic E-state index is 0.0166. The quantitative estimate of drug-likeness (QED) is 0.848. The van der Waals surface area contributed by atoms with Crippen molar-refractivity contribution in [2.45, 2.75) is 13.8 Å². The van der Waals surface area contributed by atoms with E-state index in [0.717, 1.165) is 6.07 Å². The monoisotopic (exact) mass is 283 g/mol. The molecule has 1 N–H and O–H groups in total. The van der Waals surface area contributed by atoms with Gasteiger partial charge in [-0.3, -0.25) is 10.1 Å². The zero-order chi connectivity index (χ0) is 15.1. The summed E-state index contributed by atoms with van der Waals surface area (Å²) in [4.78, 5) is 33.7. The molecule has 7 heteroatoms. The van der Waals surface area contributed by atoms with Crippen LogP contribution in [-0.2, 0) is 14.3 Å². The molecule has 0 fully saturated rings. The van der Waals surface area contributed by atoms with E-state index in [1.54, 1.807) is 13.8 Å². The van der Waals surface area contributed by atoms with Crippen LogP contribution in [0.2, 0.25) is 0 Å². The van der Waals surface area contributed by atoms with Crippen LogP contribution in [0.1, 0.15) is 22.8 Å². The highest BCUT2D eigenvalue weighted by atomic mass is 19.1. The number of rotatable bonds is 4. The first-order chi connectivity index (χ1) is 9.43. The van der Waals surface area contributed by atoms with Crippen molar-refractivity contribution in [2.75, 3.05) is 13.2 Å². The second-order valence-electron chi connectivity index (χ2n) is 3.81. The highest BCUT2D eigenvalue weighted by Crippen LogP contribution is 2.10. The van der Waals surface area contributed by atoms with Gasteiger partial charge in [0, 0.05) is 0 Å². The number of carbonyl (C=O) groups is 3. The number of imide groups is 1. The second-order valence-corrected chi connectivity index (χ2v) is 3.81. The van der Waals surface area contributed by atoms with Crippen LogP contribution in [0.4, 0.5) is 9.18 Å². The standard InChI is InChI=1S/C13H14FNO5/c1-3-19-13(18)15-11(16)7-20-12(17)9-5-4-8(2)10(14)6-9/h4-6H,3,7H2,1-2H3,(H,15,16,18). The third kappa shape index (κ3) is 4.68. The third-order valence-corrected chi connectivity index (χ3v) is 2.26. The summed E-state index contributed by atoms with van der Waals surface area (Å²) >= 11 is 0. The normalized spacial score (nSPS) is 9.75. The van der Waals surface area contributed by atoms with Crippen LogP contribution >= 0.6 is 0 Å². The Morgan fingerprint density at radius 3 is 2.55 bits per heavy atom. The Bertz CT molecular complexity index is 529. The Labute approximate surface area is 114 Å². The van der Waals surface area contributed by atoms with Crippen LogP contribution in [0.3, 0.4) is 0 Å². The molecule has 0 aromatic heterocycles. The summed E-state index contributed by atoms with van der Waals surface area (Å²) in [6.07, 6.45) is -0.921. The van der Waals surface area contributed by atoms with E-state index in [1.807, 2.05) is 5.32 Å². The van der Waals surface area contributed by atoms with Crippen molar-refractivity contribution >= 4 is 18.0 Å². The van der Waals surface area contributed by atoms with E-state index in [0.29, 0.717) is 5.56 Å². The number of amides is 2. The van der Waals surface area contributed by atoms with E-state index >= 15 is 0 Å². The van der Waals surface area contributed by atoms with Gasteiger partial charge in [0.15, 0.2) is 6.61 Å².